The molecule has 1 amide bonds. The number of hydrogen-bond acceptors (Lipinski definition) is 5. The molecule has 0 N–H and O–H groups in total. The summed E-state index contributed by atoms with van der Waals surface area (Å²) >= 11 is 0. The minimum absolute atomic E-state index is 0.140. The Balaban J connectivity index is 1.51. The molecule has 0 aliphatic carbocycles. The van der Waals surface area contributed by atoms with Crippen molar-refractivity contribution in [1.29, 1.82) is 0 Å². The Hall–Kier alpha value is -1.79. The van der Waals surface area contributed by atoms with E-state index in [0.717, 1.165) is 69.1 Å². The summed E-state index contributed by atoms with van der Waals surface area (Å²) in [5.74, 6) is 1.96. The monoisotopic (exact) mass is 404 g/mol. The third-order valence-corrected chi connectivity index (χ3v) is 6.00. The normalized spacial score (nSPS) is 22.3. The molecule has 1 aromatic rings. The summed E-state index contributed by atoms with van der Waals surface area (Å²) in [5.41, 5.74) is 1.12. The van der Waals surface area contributed by atoms with Crippen LogP contribution < -0.4 is 9.47 Å². The van der Waals surface area contributed by atoms with Gasteiger partial charge in [-0.3, -0.25) is 9.69 Å². The molecule has 6 nitrogen and oxygen atoms in total. The van der Waals surface area contributed by atoms with Gasteiger partial charge in [0, 0.05) is 51.8 Å². The Morgan fingerprint density at radius 2 is 2.17 bits per heavy atom. The van der Waals surface area contributed by atoms with Crippen molar-refractivity contribution in [3.63, 3.8) is 0 Å². The number of ether oxygens (including phenoxy) is 3. The van der Waals surface area contributed by atoms with Crippen LogP contribution in [0.3, 0.4) is 0 Å². The van der Waals surface area contributed by atoms with Crippen LogP contribution in [0.4, 0.5) is 0 Å². The quantitative estimate of drug-likeness (QED) is 0.664. The number of benzene rings is 1. The van der Waals surface area contributed by atoms with Crippen molar-refractivity contribution in [1.82, 2.24) is 9.80 Å². The fourth-order valence-electron chi connectivity index (χ4n) is 4.06. The molecular formula is C23H36N2O4. The predicted octanol–water partition coefficient (Wildman–Crippen LogP) is 3.48. The van der Waals surface area contributed by atoms with Gasteiger partial charge in [0.05, 0.1) is 13.2 Å². The van der Waals surface area contributed by atoms with Crippen LogP contribution in [-0.2, 0) is 16.1 Å². The molecule has 1 aromatic carbocycles. The zero-order chi connectivity index (χ0) is 20.6. The fraction of sp³-hybridized carbons (Fsp3) is 0.696. The van der Waals surface area contributed by atoms with Gasteiger partial charge >= 0.3 is 0 Å². The summed E-state index contributed by atoms with van der Waals surface area (Å²) in [6.45, 7) is 6.12. The van der Waals surface area contributed by atoms with Gasteiger partial charge in [0.1, 0.15) is 17.6 Å². The van der Waals surface area contributed by atoms with Crippen molar-refractivity contribution < 1.29 is 19.0 Å². The van der Waals surface area contributed by atoms with E-state index in [-0.39, 0.29) is 12.0 Å². The first-order chi connectivity index (χ1) is 14.1. The van der Waals surface area contributed by atoms with Crippen LogP contribution in [0.2, 0.25) is 0 Å². The zero-order valence-electron chi connectivity index (χ0n) is 18.2. The second-order valence-electron chi connectivity index (χ2n) is 8.20. The molecule has 0 bridgehead atoms. The van der Waals surface area contributed by atoms with E-state index in [0.29, 0.717) is 12.5 Å². The average Bonchev–Trinajstić information content (AvgIpc) is 2.94. The van der Waals surface area contributed by atoms with Crippen molar-refractivity contribution in [2.75, 3.05) is 40.4 Å². The van der Waals surface area contributed by atoms with Crippen LogP contribution >= 0.6 is 0 Å². The Kier molecular flexibility index (Phi) is 8.19. The second-order valence-corrected chi connectivity index (χ2v) is 8.20. The van der Waals surface area contributed by atoms with E-state index in [9.17, 15) is 4.79 Å². The van der Waals surface area contributed by atoms with Gasteiger partial charge in [0.25, 0.3) is 0 Å². The van der Waals surface area contributed by atoms with E-state index >= 15 is 0 Å². The highest BCUT2D eigenvalue weighted by molar-refractivity contribution is 5.76. The SMILES string of the molecule is CCC1CN(CCC(=O)N(C)CCC2CCCCO2)Cc2cc(OC)ccc2O1. The largest absolute Gasteiger partial charge is 0.497 e. The summed E-state index contributed by atoms with van der Waals surface area (Å²) in [6, 6.07) is 5.97. The molecule has 1 saturated heterocycles. The van der Waals surface area contributed by atoms with Crippen molar-refractivity contribution in [2.24, 2.45) is 0 Å². The molecule has 2 unspecified atom stereocenters. The first kappa shape index (κ1) is 21.9. The minimum atomic E-state index is 0.140. The molecule has 2 atom stereocenters. The third kappa shape index (κ3) is 6.34. The summed E-state index contributed by atoms with van der Waals surface area (Å²) in [5, 5.41) is 0. The number of carbonyl (C=O) groups is 1. The number of carbonyl (C=O) groups excluding carboxylic acids is 1. The maximum absolute atomic E-state index is 12.6. The fourth-order valence-corrected chi connectivity index (χ4v) is 4.06. The number of nitrogens with zero attached hydrogens (tertiary/aromatic N) is 2. The molecule has 1 fully saturated rings. The summed E-state index contributed by atoms with van der Waals surface area (Å²) in [6.07, 6.45) is 6.39. The van der Waals surface area contributed by atoms with Gasteiger partial charge in [0.15, 0.2) is 0 Å². The Morgan fingerprint density at radius 3 is 2.90 bits per heavy atom. The Labute approximate surface area is 175 Å². The van der Waals surface area contributed by atoms with Gasteiger partial charge in [-0.15, -0.1) is 0 Å². The van der Waals surface area contributed by atoms with Crippen molar-refractivity contribution in [2.45, 2.75) is 64.2 Å². The molecule has 0 radical (unpaired) electrons. The van der Waals surface area contributed by atoms with E-state index in [1.807, 2.05) is 30.1 Å². The van der Waals surface area contributed by atoms with E-state index in [2.05, 4.69) is 11.8 Å². The lowest BCUT2D eigenvalue weighted by Crippen LogP contribution is -2.37. The standard InChI is InChI=1S/C23H36N2O4/c1-4-19-17-25(16-18-15-21(27-3)8-9-22(18)29-19)13-11-23(26)24(2)12-10-20-7-5-6-14-28-20/h8-9,15,19-20H,4-7,10-14,16-17H2,1-3H3. The third-order valence-electron chi connectivity index (χ3n) is 6.00. The van der Waals surface area contributed by atoms with Gasteiger partial charge in [0.2, 0.25) is 5.91 Å². The first-order valence-electron chi connectivity index (χ1n) is 11.0. The van der Waals surface area contributed by atoms with Crippen molar-refractivity contribution in [3.05, 3.63) is 23.8 Å². The van der Waals surface area contributed by atoms with E-state index in [4.69, 9.17) is 14.2 Å². The van der Waals surface area contributed by atoms with Crippen LogP contribution in [0.25, 0.3) is 0 Å². The van der Waals surface area contributed by atoms with Crippen LogP contribution in [0.1, 0.15) is 51.0 Å². The molecule has 2 aliphatic rings. The Bertz CT molecular complexity index is 660. The number of amides is 1. The molecule has 29 heavy (non-hydrogen) atoms. The minimum Gasteiger partial charge on any atom is -0.497 e. The number of hydrogen-bond donors (Lipinski definition) is 0. The zero-order valence-corrected chi connectivity index (χ0v) is 18.2. The number of methoxy groups -OCH3 is 1. The number of fused-ring (bicyclic) bond motifs is 1. The molecule has 0 saturated carbocycles. The van der Waals surface area contributed by atoms with Crippen LogP contribution in [-0.4, -0.2) is 68.3 Å². The van der Waals surface area contributed by atoms with Gasteiger partial charge in [-0.1, -0.05) is 6.92 Å². The average molecular weight is 405 g/mol. The maximum Gasteiger partial charge on any atom is 0.223 e. The van der Waals surface area contributed by atoms with Crippen LogP contribution in [0.5, 0.6) is 11.5 Å². The number of rotatable bonds is 8. The van der Waals surface area contributed by atoms with Gasteiger partial charge in [-0.25, -0.2) is 0 Å². The highest BCUT2D eigenvalue weighted by Crippen LogP contribution is 2.29. The topological polar surface area (TPSA) is 51.2 Å². The molecule has 0 aromatic heterocycles. The van der Waals surface area contributed by atoms with E-state index in [1.165, 1.54) is 12.8 Å². The highest BCUT2D eigenvalue weighted by Gasteiger charge is 2.23. The predicted molar refractivity (Wildman–Crippen MR) is 113 cm³/mol. The lowest BCUT2D eigenvalue weighted by Gasteiger charge is -2.26. The lowest BCUT2D eigenvalue weighted by molar-refractivity contribution is -0.130. The Morgan fingerprint density at radius 1 is 1.31 bits per heavy atom. The lowest BCUT2D eigenvalue weighted by atomic mass is 10.1. The van der Waals surface area contributed by atoms with Gasteiger partial charge in [-0.05, 0) is 50.3 Å². The smallest absolute Gasteiger partial charge is 0.223 e. The molecular weight excluding hydrogens is 368 g/mol. The molecule has 2 heterocycles. The van der Waals surface area contributed by atoms with Crippen molar-refractivity contribution in [3.8, 4) is 11.5 Å². The maximum atomic E-state index is 12.6. The second kappa shape index (κ2) is 10.8. The van der Waals surface area contributed by atoms with Crippen LogP contribution in [0, 0.1) is 0 Å². The first-order valence-corrected chi connectivity index (χ1v) is 11.0. The molecule has 162 valence electrons. The van der Waals surface area contributed by atoms with Crippen molar-refractivity contribution >= 4 is 5.91 Å². The van der Waals surface area contributed by atoms with Gasteiger partial charge < -0.3 is 19.1 Å². The summed E-state index contributed by atoms with van der Waals surface area (Å²) in [7, 11) is 3.59. The van der Waals surface area contributed by atoms with E-state index in [1.54, 1.807) is 7.11 Å². The molecule has 3 rings (SSSR count). The molecule has 6 heteroatoms. The summed E-state index contributed by atoms with van der Waals surface area (Å²) < 4.78 is 17.3. The summed E-state index contributed by atoms with van der Waals surface area (Å²) in [4.78, 5) is 16.8. The highest BCUT2D eigenvalue weighted by atomic mass is 16.5. The van der Waals surface area contributed by atoms with Gasteiger partial charge in [-0.2, -0.15) is 0 Å². The molecule has 0 spiro atoms. The van der Waals surface area contributed by atoms with E-state index < -0.39 is 0 Å². The van der Waals surface area contributed by atoms with Crippen LogP contribution in [0.15, 0.2) is 18.2 Å². The molecule has 2 aliphatic heterocycles.